The third-order valence-corrected chi connectivity index (χ3v) is 6.00. The molecule has 0 saturated carbocycles. The van der Waals surface area contributed by atoms with E-state index in [0.717, 1.165) is 36.1 Å². The van der Waals surface area contributed by atoms with Crippen molar-refractivity contribution in [2.45, 2.75) is 32.2 Å². The summed E-state index contributed by atoms with van der Waals surface area (Å²) >= 11 is 1.69. The van der Waals surface area contributed by atoms with Crippen molar-refractivity contribution in [2.24, 2.45) is 7.05 Å². The zero-order valence-corrected chi connectivity index (χ0v) is 15.6. The maximum Gasteiger partial charge on any atom is 0.185 e. The van der Waals surface area contributed by atoms with Crippen LogP contribution < -0.4 is 5.32 Å². The van der Waals surface area contributed by atoms with Crippen LogP contribution in [-0.4, -0.2) is 44.3 Å². The SMILES string of the molecule is Cc1nn(C)c2nc(NCC(c3cccnc3)N3CCCCC3)sc12. The largest absolute Gasteiger partial charge is 0.360 e. The van der Waals surface area contributed by atoms with Crippen LogP contribution in [0.25, 0.3) is 10.3 Å². The van der Waals surface area contributed by atoms with Crippen LogP contribution in [0.4, 0.5) is 5.13 Å². The van der Waals surface area contributed by atoms with Crippen LogP contribution in [0.5, 0.6) is 0 Å². The van der Waals surface area contributed by atoms with Crippen LogP contribution in [0.1, 0.15) is 36.6 Å². The van der Waals surface area contributed by atoms with E-state index in [4.69, 9.17) is 4.98 Å². The first-order chi connectivity index (χ1) is 12.2. The number of nitrogens with one attached hydrogen (secondary N) is 1. The summed E-state index contributed by atoms with van der Waals surface area (Å²) in [5.74, 6) is 0. The van der Waals surface area contributed by atoms with Gasteiger partial charge in [0.25, 0.3) is 0 Å². The molecule has 4 heterocycles. The predicted molar refractivity (Wildman–Crippen MR) is 102 cm³/mol. The molecule has 0 radical (unpaired) electrons. The number of aromatic nitrogens is 4. The van der Waals surface area contributed by atoms with Crippen molar-refractivity contribution in [1.29, 1.82) is 0 Å². The van der Waals surface area contributed by atoms with Crippen LogP contribution in [0.15, 0.2) is 24.5 Å². The van der Waals surface area contributed by atoms with Crippen LogP contribution in [0, 0.1) is 6.92 Å². The van der Waals surface area contributed by atoms with Gasteiger partial charge in [0.15, 0.2) is 10.8 Å². The van der Waals surface area contributed by atoms with Crippen molar-refractivity contribution in [1.82, 2.24) is 24.6 Å². The fraction of sp³-hybridized carbons (Fsp3) is 0.500. The first kappa shape index (κ1) is 16.5. The molecule has 4 rings (SSSR count). The number of hydrogen-bond acceptors (Lipinski definition) is 6. The summed E-state index contributed by atoms with van der Waals surface area (Å²) in [6.45, 7) is 5.20. The molecule has 1 N–H and O–H groups in total. The Kier molecular flexibility index (Phi) is 4.67. The lowest BCUT2D eigenvalue weighted by Crippen LogP contribution is -2.37. The quantitative estimate of drug-likeness (QED) is 0.759. The second kappa shape index (κ2) is 7.09. The van der Waals surface area contributed by atoms with E-state index in [9.17, 15) is 0 Å². The minimum absolute atomic E-state index is 0.334. The van der Waals surface area contributed by atoms with Gasteiger partial charge in [0.2, 0.25) is 0 Å². The van der Waals surface area contributed by atoms with Gasteiger partial charge in [-0.2, -0.15) is 5.10 Å². The molecule has 0 bridgehead atoms. The Morgan fingerprint density at radius 3 is 2.84 bits per heavy atom. The molecular weight excluding hydrogens is 332 g/mol. The van der Waals surface area contributed by atoms with Crippen molar-refractivity contribution in [3.63, 3.8) is 0 Å². The number of piperidine rings is 1. The normalized spacial score (nSPS) is 17.0. The fourth-order valence-corrected chi connectivity index (χ4v) is 4.54. The van der Waals surface area contributed by atoms with E-state index < -0.39 is 0 Å². The Morgan fingerprint density at radius 2 is 2.12 bits per heavy atom. The van der Waals surface area contributed by atoms with Gasteiger partial charge in [0, 0.05) is 26.0 Å². The van der Waals surface area contributed by atoms with Gasteiger partial charge in [-0.3, -0.25) is 9.88 Å². The number of likely N-dealkylation sites (tertiary alicyclic amines) is 1. The summed E-state index contributed by atoms with van der Waals surface area (Å²) in [7, 11) is 1.95. The number of pyridine rings is 1. The number of aryl methyl sites for hydroxylation is 2. The lowest BCUT2D eigenvalue weighted by atomic mass is 10.0. The molecule has 7 heteroatoms. The molecule has 1 fully saturated rings. The van der Waals surface area contributed by atoms with Crippen molar-refractivity contribution >= 4 is 26.8 Å². The molecule has 0 aromatic carbocycles. The minimum Gasteiger partial charge on any atom is -0.360 e. The summed E-state index contributed by atoms with van der Waals surface area (Å²) in [6.07, 6.45) is 7.74. The van der Waals surface area contributed by atoms with E-state index in [1.54, 1.807) is 11.3 Å². The molecule has 132 valence electrons. The smallest absolute Gasteiger partial charge is 0.185 e. The van der Waals surface area contributed by atoms with Crippen LogP contribution >= 0.6 is 11.3 Å². The molecule has 6 nitrogen and oxygen atoms in total. The summed E-state index contributed by atoms with van der Waals surface area (Å²) in [5, 5.41) is 8.96. The van der Waals surface area contributed by atoms with E-state index >= 15 is 0 Å². The van der Waals surface area contributed by atoms with E-state index in [2.05, 4.69) is 26.4 Å². The number of fused-ring (bicyclic) bond motifs is 1. The molecule has 3 aromatic rings. The van der Waals surface area contributed by atoms with Crippen molar-refractivity contribution in [3.05, 3.63) is 35.8 Å². The number of thiazole rings is 1. The zero-order chi connectivity index (χ0) is 17.2. The topological polar surface area (TPSA) is 58.9 Å². The molecule has 1 aliphatic rings. The van der Waals surface area contributed by atoms with Gasteiger partial charge in [-0.1, -0.05) is 23.8 Å². The minimum atomic E-state index is 0.334. The third-order valence-electron chi connectivity index (χ3n) is 4.89. The van der Waals surface area contributed by atoms with Gasteiger partial charge in [-0.25, -0.2) is 9.67 Å². The molecule has 1 atom stereocenters. The highest BCUT2D eigenvalue weighted by atomic mass is 32.1. The maximum absolute atomic E-state index is 4.72. The Bertz CT molecular complexity index is 799. The van der Waals surface area contributed by atoms with E-state index in [1.807, 2.05) is 37.1 Å². The molecule has 1 saturated heterocycles. The second-order valence-electron chi connectivity index (χ2n) is 6.66. The summed E-state index contributed by atoms with van der Waals surface area (Å²) in [6, 6.07) is 4.54. The van der Waals surface area contributed by atoms with Gasteiger partial charge >= 0.3 is 0 Å². The maximum atomic E-state index is 4.72. The fourth-order valence-electron chi connectivity index (χ4n) is 3.61. The highest BCUT2D eigenvalue weighted by Gasteiger charge is 2.23. The van der Waals surface area contributed by atoms with Crippen molar-refractivity contribution < 1.29 is 0 Å². The molecule has 0 spiro atoms. The van der Waals surface area contributed by atoms with Crippen molar-refractivity contribution in [3.8, 4) is 0 Å². The molecule has 1 aliphatic heterocycles. The standard InChI is InChI=1S/C18H24N6S/c1-13-16-17(23(2)22-13)21-18(25-16)20-12-15(14-7-6-8-19-11-14)24-9-4-3-5-10-24/h6-8,11,15H,3-5,9-10,12H2,1-2H3,(H,20,21). The summed E-state index contributed by atoms with van der Waals surface area (Å²) < 4.78 is 3.02. The van der Waals surface area contributed by atoms with Gasteiger partial charge in [0.1, 0.15) is 0 Å². The first-order valence-electron chi connectivity index (χ1n) is 8.90. The lowest BCUT2D eigenvalue weighted by Gasteiger charge is -2.34. The van der Waals surface area contributed by atoms with Gasteiger partial charge in [-0.05, 0) is 44.5 Å². The monoisotopic (exact) mass is 356 g/mol. The number of hydrogen-bond donors (Lipinski definition) is 1. The van der Waals surface area contributed by atoms with Gasteiger partial charge in [0.05, 0.1) is 16.4 Å². The van der Waals surface area contributed by atoms with Crippen LogP contribution in [-0.2, 0) is 7.05 Å². The highest BCUT2D eigenvalue weighted by Crippen LogP contribution is 2.30. The van der Waals surface area contributed by atoms with E-state index in [0.29, 0.717) is 6.04 Å². The Balaban J connectivity index is 1.54. The molecule has 0 aliphatic carbocycles. The Hall–Kier alpha value is -1.99. The second-order valence-corrected chi connectivity index (χ2v) is 7.66. The van der Waals surface area contributed by atoms with Gasteiger partial charge in [-0.15, -0.1) is 0 Å². The predicted octanol–water partition coefficient (Wildman–Crippen LogP) is 3.37. The Morgan fingerprint density at radius 1 is 1.28 bits per heavy atom. The highest BCUT2D eigenvalue weighted by molar-refractivity contribution is 7.22. The molecule has 0 amide bonds. The third kappa shape index (κ3) is 3.39. The molecule has 25 heavy (non-hydrogen) atoms. The first-order valence-corrected chi connectivity index (χ1v) is 9.72. The number of anilines is 1. The lowest BCUT2D eigenvalue weighted by molar-refractivity contribution is 0.170. The number of rotatable bonds is 5. The summed E-state index contributed by atoms with van der Waals surface area (Å²) in [5.41, 5.74) is 3.28. The Labute approximate surface area is 151 Å². The molecule has 3 aromatic heterocycles. The molecule has 1 unspecified atom stereocenters. The van der Waals surface area contributed by atoms with E-state index in [1.165, 1.54) is 29.5 Å². The average Bonchev–Trinajstić information content (AvgIpc) is 3.18. The van der Waals surface area contributed by atoms with Gasteiger partial charge < -0.3 is 5.32 Å². The average molecular weight is 356 g/mol. The zero-order valence-electron chi connectivity index (χ0n) is 14.8. The number of nitrogens with zero attached hydrogens (tertiary/aromatic N) is 5. The van der Waals surface area contributed by atoms with Crippen molar-refractivity contribution in [2.75, 3.05) is 25.0 Å². The molecular formula is C18H24N6S. The van der Waals surface area contributed by atoms with E-state index in [-0.39, 0.29) is 0 Å². The van der Waals surface area contributed by atoms with Crippen LogP contribution in [0.3, 0.4) is 0 Å². The summed E-state index contributed by atoms with van der Waals surface area (Å²) in [4.78, 5) is 11.6. The van der Waals surface area contributed by atoms with Crippen LogP contribution in [0.2, 0.25) is 0 Å².